The van der Waals surface area contributed by atoms with Crippen molar-refractivity contribution in [2.45, 2.75) is 59.8 Å². The first-order valence-corrected chi connectivity index (χ1v) is 6.85. The van der Waals surface area contributed by atoms with Crippen LogP contribution in [0.1, 0.15) is 59.8 Å². The maximum atomic E-state index is 12.6. The SMILES string of the molecule is CC(C)C12CC3CC(C)(C1)C(=O)C(C)(C3)C2. The predicted octanol–water partition coefficient (Wildman–Crippen LogP) is 3.82. The highest BCUT2D eigenvalue weighted by molar-refractivity contribution is 5.92. The van der Waals surface area contributed by atoms with E-state index >= 15 is 0 Å². The summed E-state index contributed by atoms with van der Waals surface area (Å²) in [6.07, 6.45) is 6.08. The van der Waals surface area contributed by atoms with E-state index < -0.39 is 0 Å². The van der Waals surface area contributed by atoms with E-state index in [1.807, 2.05) is 0 Å². The monoisotopic (exact) mass is 220 g/mol. The van der Waals surface area contributed by atoms with Crippen molar-refractivity contribution in [3.05, 3.63) is 0 Å². The van der Waals surface area contributed by atoms with Gasteiger partial charge in [0.25, 0.3) is 0 Å². The first kappa shape index (κ1) is 10.8. The summed E-state index contributed by atoms with van der Waals surface area (Å²) in [7, 11) is 0. The van der Waals surface area contributed by atoms with E-state index in [-0.39, 0.29) is 10.8 Å². The van der Waals surface area contributed by atoms with Crippen LogP contribution < -0.4 is 0 Å². The molecule has 0 radical (unpaired) electrons. The summed E-state index contributed by atoms with van der Waals surface area (Å²) in [4.78, 5) is 12.6. The molecule has 0 aromatic heterocycles. The van der Waals surface area contributed by atoms with E-state index in [4.69, 9.17) is 0 Å². The van der Waals surface area contributed by atoms with Crippen molar-refractivity contribution in [1.29, 1.82) is 0 Å². The summed E-state index contributed by atoms with van der Waals surface area (Å²) in [5.41, 5.74) is 0.537. The fourth-order valence-corrected chi connectivity index (χ4v) is 5.69. The Labute approximate surface area is 99.0 Å². The van der Waals surface area contributed by atoms with Crippen LogP contribution in [0.2, 0.25) is 0 Å². The highest BCUT2D eigenvalue weighted by Crippen LogP contribution is 2.69. The average molecular weight is 220 g/mol. The largest absolute Gasteiger partial charge is 0.298 e. The quantitative estimate of drug-likeness (QED) is 0.656. The third-order valence-electron chi connectivity index (χ3n) is 5.98. The van der Waals surface area contributed by atoms with Crippen molar-refractivity contribution in [3.63, 3.8) is 0 Å². The molecule has 0 spiro atoms. The summed E-state index contributed by atoms with van der Waals surface area (Å²) < 4.78 is 0. The van der Waals surface area contributed by atoms with Gasteiger partial charge >= 0.3 is 0 Å². The van der Waals surface area contributed by atoms with E-state index in [1.165, 1.54) is 32.1 Å². The van der Waals surface area contributed by atoms with Gasteiger partial charge in [-0.3, -0.25) is 4.79 Å². The molecule has 0 aromatic rings. The first-order chi connectivity index (χ1) is 7.30. The van der Waals surface area contributed by atoms with Gasteiger partial charge < -0.3 is 0 Å². The normalized spacial score (nSPS) is 55.1. The lowest BCUT2D eigenvalue weighted by Crippen LogP contribution is -2.62. The average Bonchev–Trinajstić information content (AvgIpc) is 2.12. The van der Waals surface area contributed by atoms with Crippen molar-refractivity contribution < 1.29 is 4.79 Å². The van der Waals surface area contributed by atoms with Gasteiger partial charge in [0.05, 0.1) is 0 Å². The molecular weight excluding hydrogens is 196 g/mol. The van der Waals surface area contributed by atoms with Gasteiger partial charge in [-0.15, -0.1) is 0 Å². The van der Waals surface area contributed by atoms with Gasteiger partial charge in [0.15, 0.2) is 0 Å². The topological polar surface area (TPSA) is 17.1 Å². The predicted molar refractivity (Wildman–Crippen MR) is 65.1 cm³/mol. The Morgan fingerprint density at radius 2 is 1.56 bits per heavy atom. The molecule has 90 valence electrons. The lowest BCUT2D eigenvalue weighted by molar-refractivity contribution is -0.182. The summed E-state index contributed by atoms with van der Waals surface area (Å²) in [5.74, 6) is 2.16. The standard InChI is InChI=1S/C15H24O/c1-10(2)15-7-11-5-13(3,8-15)12(16)14(4,6-11)9-15/h10-11H,5-9H2,1-4H3. The summed E-state index contributed by atoms with van der Waals surface area (Å²) >= 11 is 0. The molecule has 4 aliphatic rings. The lowest BCUT2D eigenvalue weighted by Gasteiger charge is -2.65. The second kappa shape index (κ2) is 2.73. The fourth-order valence-electron chi connectivity index (χ4n) is 5.69. The molecule has 2 atom stereocenters. The number of rotatable bonds is 1. The van der Waals surface area contributed by atoms with E-state index in [0.717, 1.165) is 11.8 Å². The van der Waals surface area contributed by atoms with Gasteiger partial charge in [0.2, 0.25) is 0 Å². The molecule has 4 aliphatic carbocycles. The van der Waals surface area contributed by atoms with Crippen molar-refractivity contribution >= 4 is 5.78 Å². The summed E-state index contributed by atoms with van der Waals surface area (Å²) in [6.45, 7) is 9.22. The Bertz CT molecular complexity index is 332. The highest BCUT2D eigenvalue weighted by Gasteiger charge is 2.65. The second-order valence-corrected chi connectivity index (χ2v) is 7.80. The molecule has 0 N–H and O–H groups in total. The van der Waals surface area contributed by atoms with Crippen molar-refractivity contribution in [2.75, 3.05) is 0 Å². The molecular formula is C15H24O. The zero-order valence-electron chi connectivity index (χ0n) is 11.1. The molecule has 4 saturated carbocycles. The third kappa shape index (κ3) is 1.10. The summed E-state index contributed by atoms with van der Waals surface area (Å²) in [5, 5.41) is 0. The Kier molecular flexibility index (Phi) is 1.85. The molecule has 0 amide bonds. The maximum Gasteiger partial charge on any atom is 0.144 e. The van der Waals surface area contributed by atoms with E-state index in [1.54, 1.807) is 0 Å². The molecule has 1 heteroatoms. The van der Waals surface area contributed by atoms with Crippen molar-refractivity contribution in [1.82, 2.24) is 0 Å². The van der Waals surface area contributed by atoms with Gasteiger partial charge in [0.1, 0.15) is 5.78 Å². The number of hydrogen-bond acceptors (Lipinski definition) is 1. The van der Waals surface area contributed by atoms with Crippen molar-refractivity contribution in [2.24, 2.45) is 28.1 Å². The molecule has 2 unspecified atom stereocenters. The molecule has 4 bridgehead atoms. The van der Waals surface area contributed by atoms with E-state index in [0.29, 0.717) is 11.2 Å². The maximum absolute atomic E-state index is 12.6. The molecule has 16 heavy (non-hydrogen) atoms. The molecule has 0 saturated heterocycles. The smallest absolute Gasteiger partial charge is 0.144 e. The van der Waals surface area contributed by atoms with Crippen LogP contribution in [-0.4, -0.2) is 5.78 Å². The molecule has 0 aromatic carbocycles. The summed E-state index contributed by atoms with van der Waals surface area (Å²) in [6, 6.07) is 0. The van der Waals surface area contributed by atoms with Crippen LogP contribution in [0.15, 0.2) is 0 Å². The van der Waals surface area contributed by atoms with Crippen LogP contribution >= 0.6 is 0 Å². The van der Waals surface area contributed by atoms with Gasteiger partial charge in [-0.05, 0) is 49.4 Å². The number of ketones is 1. The lowest BCUT2D eigenvalue weighted by atomic mass is 9.38. The second-order valence-electron chi connectivity index (χ2n) is 7.80. The number of carbonyl (C=O) groups excluding carboxylic acids is 1. The third-order valence-corrected chi connectivity index (χ3v) is 5.98. The van der Waals surface area contributed by atoms with Crippen LogP contribution in [0.4, 0.5) is 0 Å². The minimum absolute atomic E-state index is 0.0262. The van der Waals surface area contributed by atoms with Crippen molar-refractivity contribution in [3.8, 4) is 0 Å². The van der Waals surface area contributed by atoms with Crippen LogP contribution in [0, 0.1) is 28.1 Å². The van der Waals surface area contributed by atoms with Gasteiger partial charge in [-0.25, -0.2) is 0 Å². The number of hydrogen-bond donors (Lipinski definition) is 0. The Morgan fingerprint density at radius 1 is 1.06 bits per heavy atom. The van der Waals surface area contributed by atoms with Gasteiger partial charge in [0, 0.05) is 10.8 Å². The molecule has 4 fully saturated rings. The fraction of sp³-hybridized carbons (Fsp3) is 0.933. The minimum Gasteiger partial charge on any atom is -0.298 e. The highest BCUT2D eigenvalue weighted by atomic mass is 16.1. The zero-order chi connectivity index (χ0) is 11.8. The minimum atomic E-state index is 0.0262. The van der Waals surface area contributed by atoms with Crippen LogP contribution in [0.3, 0.4) is 0 Å². The molecule has 1 nitrogen and oxygen atoms in total. The number of Topliss-reactive ketones (excluding diaryl/α,β-unsaturated/α-hetero) is 1. The molecule has 0 aliphatic heterocycles. The van der Waals surface area contributed by atoms with Crippen LogP contribution in [0.25, 0.3) is 0 Å². The Balaban J connectivity index is 2.09. The van der Waals surface area contributed by atoms with Gasteiger partial charge in [-0.1, -0.05) is 27.7 Å². The Morgan fingerprint density at radius 3 is 2.00 bits per heavy atom. The van der Waals surface area contributed by atoms with Crippen LogP contribution in [0.5, 0.6) is 0 Å². The molecule has 4 rings (SSSR count). The molecule has 0 heterocycles. The first-order valence-electron chi connectivity index (χ1n) is 6.85. The number of carbonyl (C=O) groups is 1. The van der Waals surface area contributed by atoms with Gasteiger partial charge in [-0.2, -0.15) is 0 Å². The van der Waals surface area contributed by atoms with Crippen LogP contribution in [-0.2, 0) is 4.79 Å². The zero-order valence-corrected chi connectivity index (χ0v) is 11.1. The van der Waals surface area contributed by atoms with E-state index in [2.05, 4.69) is 27.7 Å². The Hall–Kier alpha value is -0.330. The van der Waals surface area contributed by atoms with E-state index in [9.17, 15) is 4.79 Å².